The van der Waals surface area contributed by atoms with Crippen molar-refractivity contribution in [3.8, 4) is 0 Å². The van der Waals surface area contributed by atoms with Crippen molar-refractivity contribution in [2.24, 2.45) is 0 Å². The van der Waals surface area contributed by atoms with Gasteiger partial charge in [0.1, 0.15) is 5.41 Å². The van der Waals surface area contributed by atoms with Crippen LogP contribution in [-0.4, -0.2) is 5.91 Å². The Kier molecular flexibility index (Phi) is 1.83. The molecule has 0 bridgehead atoms. The fraction of sp³-hybridized carbons (Fsp3) is 0.0714. The highest BCUT2D eigenvalue weighted by atomic mass is 16.2. The summed E-state index contributed by atoms with van der Waals surface area (Å²) in [6.45, 7) is 0. The third-order valence-corrected chi connectivity index (χ3v) is 3.13. The summed E-state index contributed by atoms with van der Waals surface area (Å²) in [6, 6.07) is 9.85. The van der Waals surface area contributed by atoms with Crippen LogP contribution in [-0.2, 0) is 10.2 Å². The molecule has 0 spiro atoms. The zero-order valence-electron chi connectivity index (χ0n) is 8.68. The summed E-state index contributed by atoms with van der Waals surface area (Å²) in [4.78, 5) is 12.1. The molecule has 2 nitrogen and oxygen atoms in total. The van der Waals surface area contributed by atoms with Crippen molar-refractivity contribution >= 4 is 5.91 Å². The zero-order valence-corrected chi connectivity index (χ0v) is 8.68. The quantitative estimate of drug-likeness (QED) is 0.753. The van der Waals surface area contributed by atoms with Crippen molar-refractivity contribution in [3.63, 3.8) is 0 Å². The van der Waals surface area contributed by atoms with E-state index in [1.54, 1.807) is 6.20 Å². The molecule has 1 heterocycles. The van der Waals surface area contributed by atoms with E-state index in [4.69, 9.17) is 0 Å². The summed E-state index contributed by atoms with van der Waals surface area (Å²) in [5.41, 5.74) is 1.40. The van der Waals surface area contributed by atoms with Crippen molar-refractivity contribution in [1.82, 2.24) is 5.32 Å². The molecule has 78 valence electrons. The van der Waals surface area contributed by atoms with Crippen molar-refractivity contribution in [3.05, 3.63) is 72.0 Å². The Morgan fingerprint density at radius 3 is 2.69 bits per heavy atom. The molecule has 16 heavy (non-hydrogen) atoms. The second-order valence-electron chi connectivity index (χ2n) is 3.97. The molecule has 1 aromatic carbocycles. The van der Waals surface area contributed by atoms with Gasteiger partial charge in [0.25, 0.3) is 0 Å². The number of carbonyl (C=O) groups excluding carboxylic acids is 1. The average Bonchev–Trinajstić information content (AvgIpc) is 2.70. The van der Waals surface area contributed by atoms with Crippen LogP contribution in [0.1, 0.15) is 5.56 Å². The Morgan fingerprint density at radius 1 is 1.06 bits per heavy atom. The fourth-order valence-corrected chi connectivity index (χ4v) is 2.31. The van der Waals surface area contributed by atoms with E-state index in [9.17, 15) is 4.79 Å². The van der Waals surface area contributed by atoms with Gasteiger partial charge in [-0.05, 0) is 11.1 Å². The molecule has 1 aromatic rings. The van der Waals surface area contributed by atoms with Crippen LogP contribution in [0.5, 0.6) is 0 Å². The topological polar surface area (TPSA) is 29.1 Å². The van der Waals surface area contributed by atoms with Gasteiger partial charge in [-0.2, -0.15) is 0 Å². The maximum atomic E-state index is 12.1. The second-order valence-corrected chi connectivity index (χ2v) is 3.97. The van der Waals surface area contributed by atoms with Crippen LogP contribution in [0.4, 0.5) is 0 Å². The van der Waals surface area contributed by atoms with Gasteiger partial charge in [-0.25, -0.2) is 0 Å². The summed E-state index contributed by atoms with van der Waals surface area (Å²) in [5.74, 6) is 0.0225. The lowest BCUT2D eigenvalue weighted by Gasteiger charge is -2.27. The first-order valence-electron chi connectivity index (χ1n) is 5.27. The highest BCUT2D eigenvalue weighted by Crippen LogP contribution is 2.39. The first-order chi connectivity index (χ1) is 7.84. The summed E-state index contributed by atoms with van der Waals surface area (Å²) in [7, 11) is 0. The third-order valence-electron chi connectivity index (χ3n) is 3.13. The maximum Gasteiger partial charge on any atom is 0.243 e. The molecule has 0 radical (unpaired) electrons. The Bertz CT molecular complexity index is 525. The van der Waals surface area contributed by atoms with Crippen molar-refractivity contribution < 1.29 is 4.79 Å². The van der Waals surface area contributed by atoms with Gasteiger partial charge in [0.2, 0.25) is 5.91 Å². The molecule has 1 amide bonds. The minimum Gasteiger partial charge on any atom is -0.331 e. The van der Waals surface area contributed by atoms with Gasteiger partial charge < -0.3 is 5.32 Å². The first-order valence-corrected chi connectivity index (χ1v) is 5.27. The molecule has 3 rings (SSSR count). The number of hydrogen-bond donors (Lipinski definition) is 1. The van der Waals surface area contributed by atoms with E-state index in [0.717, 1.165) is 11.1 Å². The number of carbonyl (C=O) groups is 1. The number of allylic oxidation sites excluding steroid dienone is 3. The van der Waals surface area contributed by atoms with E-state index in [2.05, 4.69) is 5.32 Å². The Labute approximate surface area is 94.0 Å². The monoisotopic (exact) mass is 209 g/mol. The lowest BCUT2D eigenvalue weighted by atomic mass is 9.73. The van der Waals surface area contributed by atoms with Crippen LogP contribution in [0.3, 0.4) is 0 Å². The summed E-state index contributed by atoms with van der Waals surface area (Å²) >= 11 is 0. The van der Waals surface area contributed by atoms with Gasteiger partial charge in [-0.3, -0.25) is 4.79 Å². The van der Waals surface area contributed by atoms with Crippen LogP contribution in [0, 0.1) is 0 Å². The minimum atomic E-state index is -0.615. The number of hydrogen-bond acceptors (Lipinski definition) is 1. The van der Waals surface area contributed by atoms with E-state index in [1.165, 1.54) is 0 Å². The molecule has 1 aliphatic carbocycles. The van der Waals surface area contributed by atoms with E-state index >= 15 is 0 Å². The molecule has 0 saturated heterocycles. The Hall–Kier alpha value is -2.09. The van der Waals surface area contributed by atoms with Gasteiger partial charge in [0.05, 0.1) is 0 Å². The number of rotatable bonds is 1. The van der Waals surface area contributed by atoms with E-state index in [1.807, 2.05) is 54.6 Å². The number of amides is 1. The summed E-state index contributed by atoms with van der Waals surface area (Å²) < 4.78 is 0. The minimum absolute atomic E-state index is 0.0225. The SMILES string of the molecule is O=C1NC=C2C=CC=CC12c1ccccc1. The largest absolute Gasteiger partial charge is 0.331 e. The Balaban J connectivity index is 2.23. The lowest BCUT2D eigenvalue weighted by Crippen LogP contribution is -2.37. The average molecular weight is 209 g/mol. The summed E-state index contributed by atoms with van der Waals surface area (Å²) in [5, 5.41) is 2.80. The highest BCUT2D eigenvalue weighted by Gasteiger charge is 2.44. The summed E-state index contributed by atoms with van der Waals surface area (Å²) in [6.07, 6.45) is 9.60. The van der Waals surface area contributed by atoms with Crippen LogP contribution in [0.2, 0.25) is 0 Å². The van der Waals surface area contributed by atoms with Gasteiger partial charge in [-0.1, -0.05) is 54.6 Å². The molecule has 1 N–H and O–H groups in total. The molecule has 0 fully saturated rings. The fourth-order valence-electron chi connectivity index (χ4n) is 2.31. The van der Waals surface area contributed by atoms with Crippen LogP contribution >= 0.6 is 0 Å². The molecule has 1 unspecified atom stereocenters. The van der Waals surface area contributed by atoms with Crippen LogP contribution in [0.15, 0.2) is 66.4 Å². The molecule has 2 heteroatoms. The van der Waals surface area contributed by atoms with Crippen molar-refractivity contribution in [2.75, 3.05) is 0 Å². The molecule has 1 atom stereocenters. The molecule has 0 saturated carbocycles. The lowest BCUT2D eigenvalue weighted by molar-refractivity contribution is -0.122. The number of benzene rings is 1. The van der Waals surface area contributed by atoms with E-state index in [-0.39, 0.29) is 5.91 Å². The van der Waals surface area contributed by atoms with E-state index in [0.29, 0.717) is 0 Å². The van der Waals surface area contributed by atoms with Crippen molar-refractivity contribution in [1.29, 1.82) is 0 Å². The normalized spacial score (nSPS) is 26.2. The van der Waals surface area contributed by atoms with Crippen LogP contribution in [0.25, 0.3) is 0 Å². The van der Waals surface area contributed by atoms with Gasteiger partial charge in [0.15, 0.2) is 0 Å². The first kappa shape index (κ1) is 9.16. The molecule has 1 aliphatic heterocycles. The van der Waals surface area contributed by atoms with Crippen LogP contribution < -0.4 is 5.32 Å². The predicted octanol–water partition coefficient (Wildman–Crippen LogP) is 2.06. The molecular formula is C14H11NO. The number of nitrogens with one attached hydrogen (secondary N) is 1. The van der Waals surface area contributed by atoms with Crippen molar-refractivity contribution in [2.45, 2.75) is 5.41 Å². The molecular weight excluding hydrogens is 198 g/mol. The second kappa shape index (κ2) is 3.20. The maximum absolute atomic E-state index is 12.1. The standard InChI is InChI=1S/C14H11NO/c16-13-14(11-6-2-1-3-7-11)9-5-4-8-12(14)10-15-13/h1-10H,(H,15,16). The third kappa shape index (κ3) is 1.04. The van der Waals surface area contributed by atoms with Gasteiger partial charge in [0, 0.05) is 6.20 Å². The number of fused-ring (bicyclic) bond motifs is 1. The zero-order chi connectivity index (χ0) is 11.0. The van der Waals surface area contributed by atoms with E-state index < -0.39 is 5.41 Å². The Morgan fingerprint density at radius 2 is 1.88 bits per heavy atom. The predicted molar refractivity (Wildman–Crippen MR) is 62.6 cm³/mol. The highest BCUT2D eigenvalue weighted by molar-refractivity contribution is 5.99. The molecule has 2 aliphatic rings. The van der Waals surface area contributed by atoms with Gasteiger partial charge >= 0.3 is 0 Å². The smallest absolute Gasteiger partial charge is 0.243 e. The molecule has 0 aromatic heterocycles. The van der Waals surface area contributed by atoms with Gasteiger partial charge in [-0.15, -0.1) is 0 Å².